The van der Waals surface area contributed by atoms with Crippen molar-refractivity contribution in [3.05, 3.63) is 24.2 Å². The number of nitrogens with zero attached hydrogens (tertiary/aromatic N) is 3. The fourth-order valence-corrected chi connectivity index (χ4v) is 3.62. The number of amides is 1. The predicted octanol–water partition coefficient (Wildman–Crippen LogP) is 1.41. The van der Waals surface area contributed by atoms with E-state index in [9.17, 15) is 4.79 Å². The van der Waals surface area contributed by atoms with Gasteiger partial charge < -0.3 is 9.32 Å². The van der Waals surface area contributed by atoms with Gasteiger partial charge in [-0.25, -0.2) is 0 Å². The van der Waals surface area contributed by atoms with E-state index in [0.29, 0.717) is 6.42 Å². The van der Waals surface area contributed by atoms with E-state index in [4.69, 9.17) is 4.42 Å². The summed E-state index contributed by atoms with van der Waals surface area (Å²) in [6, 6.07) is 2.04. The molecule has 2 aliphatic rings. The molecular formula is C16H25N3O2. The number of carbonyl (C=O) groups is 1. The highest BCUT2D eigenvalue weighted by molar-refractivity contribution is 5.76. The molecule has 1 spiro atoms. The van der Waals surface area contributed by atoms with Gasteiger partial charge in [-0.15, -0.1) is 0 Å². The fourth-order valence-electron chi connectivity index (χ4n) is 3.62. The van der Waals surface area contributed by atoms with Crippen molar-refractivity contribution in [3.63, 3.8) is 0 Å². The van der Waals surface area contributed by atoms with Crippen LogP contribution in [0.1, 0.15) is 24.8 Å². The molecule has 1 atom stereocenters. The zero-order chi connectivity index (χ0) is 14.9. The minimum atomic E-state index is 0.141. The number of likely N-dealkylation sites (N-methyl/N-ethyl adjacent to an activating group) is 1. The van der Waals surface area contributed by atoms with Crippen LogP contribution in [0, 0.1) is 0 Å². The Hall–Kier alpha value is -1.33. The largest absolute Gasteiger partial charge is 0.472 e. The number of likely N-dealkylation sites (tertiary alicyclic amines) is 1. The van der Waals surface area contributed by atoms with Gasteiger partial charge in [0.05, 0.1) is 12.5 Å². The summed E-state index contributed by atoms with van der Waals surface area (Å²) in [4.78, 5) is 18.8. The minimum absolute atomic E-state index is 0.141. The first-order valence-electron chi connectivity index (χ1n) is 7.78. The van der Waals surface area contributed by atoms with Crippen LogP contribution in [0.25, 0.3) is 0 Å². The third-order valence-electron chi connectivity index (χ3n) is 5.21. The van der Waals surface area contributed by atoms with Gasteiger partial charge in [-0.05, 0) is 26.0 Å². The summed E-state index contributed by atoms with van der Waals surface area (Å²) < 4.78 is 5.17. The highest BCUT2D eigenvalue weighted by Crippen LogP contribution is 2.32. The molecule has 1 aromatic heterocycles. The number of rotatable bonds is 2. The van der Waals surface area contributed by atoms with Crippen molar-refractivity contribution in [1.82, 2.24) is 14.7 Å². The van der Waals surface area contributed by atoms with E-state index < -0.39 is 0 Å². The van der Waals surface area contributed by atoms with Gasteiger partial charge in [0.2, 0.25) is 5.91 Å². The Morgan fingerprint density at radius 1 is 1.24 bits per heavy atom. The maximum atomic E-state index is 12.0. The second-order valence-electron chi connectivity index (χ2n) is 6.55. The van der Waals surface area contributed by atoms with Gasteiger partial charge in [0.15, 0.2) is 0 Å². The summed E-state index contributed by atoms with van der Waals surface area (Å²) in [5, 5.41) is 0. The predicted molar refractivity (Wildman–Crippen MR) is 80.8 cm³/mol. The molecule has 5 nitrogen and oxygen atoms in total. The first kappa shape index (κ1) is 14.6. The Morgan fingerprint density at radius 3 is 2.86 bits per heavy atom. The van der Waals surface area contributed by atoms with Crippen molar-refractivity contribution in [2.45, 2.75) is 31.3 Å². The molecular weight excluding hydrogens is 266 g/mol. The average molecular weight is 291 g/mol. The van der Waals surface area contributed by atoms with Crippen LogP contribution >= 0.6 is 0 Å². The molecule has 5 heteroatoms. The molecule has 2 saturated heterocycles. The fraction of sp³-hybridized carbons (Fsp3) is 0.688. The van der Waals surface area contributed by atoms with Crippen LogP contribution in [0.2, 0.25) is 0 Å². The highest BCUT2D eigenvalue weighted by atomic mass is 16.3. The molecule has 0 aliphatic carbocycles. The van der Waals surface area contributed by atoms with Crippen molar-refractivity contribution in [2.24, 2.45) is 0 Å². The summed E-state index contributed by atoms with van der Waals surface area (Å²) in [6.07, 6.45) is 6.26. The SMILES string of the molecule is CN1CC[C@@]2(CCC1=O)CN(Cc1ccoc1)CCN2C. The van der Waals surface area contributed by atoms with Gasteiger partial charge >= 0.3 is 0 Å². The molecule has 2 fully saturated rings. The molecule has 0 N–H and O–H groups in total. The molecule has 2 aliphatic heterocycles. The first-order chi connectivity index (χ1) is 10.1. The van der Waals surface area contributed by atoms with Crippen molar-refractivity contribution in [2.75, 3.05) is 40.3 Å². The lowest BCUT2D eigenvalue weighted by Gasteiger charge is -2.49. The Kier molecular flexibility index (Phi) is 4.04. The smallest absolute Gasteiger partial charge is 0.222 e. The van der Waals surface area contributed by atoms with E-state index in [1.807, 2.05) is 24.3 Å². The standard InChI is InChI=1S/C16H25N3O2/c1-17-7-6-16(5-3-15(17)20)13-19(9-8-18(16)2)11-14-4-10-21-12-14/h4,10,12H,3,5-9,11,13H2,1-2H3/t16-/m0/s1. The van der Waals surface area contributed by atoms with E-state index in [2.05, 4.69) is 16.8 Å². The van der Waals surface area contributed by atoms with Crippen LogP contribution < -0.4 is 0 Å². The van der Waals surface area contributed by atoms with Crippen LogP contribution in [0.5, 0.6) is 0 Å². The van der Waals surface area contributed by atoms with Crippen molar-refractivity contribution in [3.8, 4) is 0 Å². The minimum Gasteiger partial charge on any atom is -0.472 e. The topological polar surface area (TPSA) is 39.9 Å². The van der Waals surface area contributed by atoms with Gasteiger partial charge in [0.1, 0.15) is 0 Å². The Morgan fingerprint density at radius 2 is 2.10 bits per heavy atom. The maximum Gasteiger partial charge on any atom is 0.222 e. The lowest BCUT2D eigenvalue weighted by atomic mass is 9.86. The molecule has 1 amide bonds. The van der Waals surface area contributed by atoms with E-state index in [0.717, 1.165) is 45.6 Å². The van der Waals surface area contributed by atoms with Crippen molar-refractivity contribution < 1.29 is 9.21 Å². The van der Waals surface area contributed by atoms with E-state index in [-0.39, 0.29) is 11.4 Å². The lowest BCUT2D eigenvalue weighted by molar-refractivity contribution is -0.129. The summed E-state index contributed by atoms with van der Waals surface area (Å²) in [7, 11) is 4.14. The first-order valence-corrected chi connectivity index (χ1v) is 7.78. The maximum absolute atomic E-state index is 12.0. The van der Waals surface area contributed by atoms with Crippen LogP contribution in [-0.2, 0) is 11.3 Å². The van der Waals surface area contributed by atoms with Gasteiger partial charge in [0.25, 0.3) is 0 Å². The summed E-state index contributed by atoms with van der Waals surface area (Å²) in [6.45, 7) is 4.98. The molecule has 0 aromatic carbocycles. The second kappa shape index (κ2) is 5.81. The molecule has 3 rings (SSSR count). The number of piperazine rings is 1. The zero-order valence-corrected chi connectivity index (χ0v) is 13.0. The van der Waals surface area contributed by atoms with Crippen molar-refractivity contribution >= 4 is 5.91 Å². The highest BCUT2D eigenvalue weighted by Gasteiger charge is 2.41. The van der Waals surface area contributed by atoms with Gasteiger partial charge in [-0.2, -0.15) is 0 Å². The second-order valence-corrected chi connectivity index (χ2v) is 6.55. The third-order valence-corrected chi connectivity index (χ3v) is 5.21. The molecule has 3 heterocycles. The molecule has 0 radical (unpaired) electrons. The Balaban J connectivity index is 1.71. The summed E-state index contributed by atoms with van der Waals surface area (Å²) >= 11 is 0. The van der Waals surface area contributed by atoms with Crippen LogP contribution in [-0.4, -0.2) is 66.4 Å². The summed E-state index contributed by atoms with van der Waals surface area (Å²) in [5.74, 6) is 0.284. The van der Waals surface area contributed by atoms with E-state index in [1.54, 1.807) is 6.26 Å². The van der Waals surface area contributed by atoms with Crippen LogP contribution in [0.3, 0.4) is 0 Å². The van der Waals surface area contributed by atoms with E-state index >= 15 is 0 Å². The van der Waals surface area contributed by atoms with Crippen LogP contribution in [0.15, 0.2) is 23.0 Å². The molecule has 0 unspecified atom stereocenters. The molecule has 21 heavy (non-hydrogen) atoms. The quantitative estimate of drug-likeness (QED) is 0.826. The van der Waals surface area contributed by atoms with Crippen molar-refractivity contribution in [1.29, 1.82) is 0 Å². The Bertz CT molecular complexity index is 488. The molecule has 116 valence electrons. The average Bonchev–Trinajstić information content (AvgIpc) is 2.94. The van der Waals surface area contributed by atoms with Gasteiger partial charge in [-0.1, -0.05) is 0 Å². The Labute approximate surface area is 126 Å². The lowest BCUT2D eigenvalue weighted by Crippen LogP contribution is -2.60. The van der Waals surface area contributed by atoms with E-state index in [1.165, 1.54) is 5.56 Å². The third kappa shape index (κ3) is 2.99. The monoisotopic (exact) mass is 291 g/mol. The number of furan rings is 1. The number of hydrogen-bond acceptors (Lipinski definition) is 4. The number of carbonyl (C=O) groups excluding carboxylic acids is 1. The normalized spacial score (nSPS) is 29.0. The molecule has 1 aromatic rings. The zero-order valence-electron chi connectivity index (χ0n) is 13.0. The molecule has 0 bridgehead atoms. The van der Waals surface area contributed by atoms with Crippen LogP contribution in [0.4, 0.5) is 0 Å². The number of hydrogen-bond donors (Lipinski definition) is 0. The van der Waals surface area contributed by atoms with Gasteiger partial charge in [0, 0.05) is 57.3 Å². The molecule has 0 saturated carbocycles. The summed E-state index contributed by atoms with van der Waals surface area (Å²) in [5.41, 5.74) is 1.37. The van der Waals surface area contributed by atoms with Gasteiger partial charge in [-0.3, -0.25) is 14.6 Å².